The van der Waals surface area contributed by atoms with Gasteiger partial charge in [0.05, 0.1) is 30.1 Å². The molecule has 0 spiro atoms. The molecule has 0 aliphatic rings. The van der Waals surface area contributed by atoms with E-state index in [4.69, 9.17) is 10.5 Å². The molecule has 0 fully saturated rings. The number of rotatable bonds is 5. The standard InChI is InChI=1S/C11H22N4O/c1-5-6-15-10(7-13-14-15)9(12)8-16-11(2,3)4/h7,9H,5-6,8,12H2,1-4H3. The van der Waals surface area contributed by atoms with Gasteiger partial charge in [0.25, 0.3) is 0 Å². The topological polar surface area (TPSA) is 66.0 Å². The van der Waals surface area contributed by atoms with Gasteiger partial charge in [0, 0.05) is 6.54 Å². The molecule has 0 bridgehead atoms. The zero-order valence-electron chi connectivity index (χ0n) is 10.6. The highest BCUT2D eigenvalue weighted by molar-refractivity contribution is 5.01. The van der Waals surface area contributed by atoms with Gasteiger partial charge in [0.2, 0.25) is 0 Å². The van der Waals surface area contributed by atoms with Gasteiger partial charge in [-0.15, -0.1) is 5.10 Å². The average Bonchev–Trinajstić information content (AvgIpc) is 2.62. The van der Waals surface area contributed by atoms with Crippen molar-refractivity contribution in [1.82, 2.24) is 15.0 Å². The normalized spacial score (nSPS) is 14.1. The number of nitrogens with two attached hydrogens (primary N) is 1. The smallest absolute Gasteiger partial charge is 0.0777 e. The van der Waals surface area contributed by atoms with E-state index in [0.29, 0.717) is 6.61 Å². The molecule has 0 aliphatic heterocycles. The Balaban J connectivity index is 2.58. The lowest BCUT2D eigenvalue weighted by Gasteiger charge is -2.22. The largest absolute Gasteiger partial charge is 0.374 e. The number of hydrogen-bond acceptors (Lipinski definition) is 4. The second-order valence-corrected chi connectivity index (χ2v) is 4.91. The lowest BCUT2D eigenvalue weighted by molar-refractivity contribution is -0.0111. The fourth-order valence-electron chi connectivity index (χ4n) is 1.36. The van der Waals surface area contributed by atoms with Crippen LogP contribution in [0.2, 0.25) is 0 Å². The van der Waals surface area contributed by atoms with Crippen molar-refractivity contribution in [1.29, 1.82) is 0 Å². The minimum absolute atomic E-state index is 0.166. The molecule has 16 heavy (non-hydrogen) atoms. The van der Waals surface area contributed by atoms with Crippen molar-refractivity contribution in [2.75, 3.05) is 6.61 Å². The third-order valence-electron chi connectivity index (χ3n) is 2.16. The minimum Gasteiger partial charge on any atom is -0.374 e. The summed E-state index contributed by atoms with van der Waals surface area (Å²) in [6, 6.07) is -0.166. The van der Waals surface area contributed by atoms with Gasteiger partial charge >= 0.3 is 0 Å². The van der Waals surface area contributed by atoms with Gasteiger partial charge in [-0.2, -0.15) is 0 Å². The summed E-state index contributed by atoms with van der Waals surface area (Å²) in [5.74, 6) is 0. The van der Waals surface area contributed by atoms with E-state index in [0.717, 1.165) is 18.7 Å². The summed E-state index contributed by atoms with van der Waals surface area (Å²) < 4.78 is 7.50. The van der Waals surface area contributed by atoms with E-state index in [1.54, 1.807) is 6.20 Å². The first-order valence-corrected chi connectivity index (χ1v) is 5.72. The molecule has 0 amide bonds. The van der Waals surface area contributed by atoms with E-state index >= 15 is 0 Å². The van der Waals surface area contributed by atoms with Crippen molar-refractivity contribution in [3.63, 3.8) is 0 Å². The van der Waals surface area contributed by atoms with Crippen molar-refractivity contribution in [3.05, 3.63) is 11.9 Å². The van der Waals surface area contributed by atoms with Crippen LogP contribution in [0, 0.1) is 0 Å². The second kappa shape index (κ2) is 5.41. The van der Waals surface area contributed by atoms with Gasteiger partial charge in [-0.3, -0.25) is 0 Å². The van der Waals surface area contributed by atoms with Crippen LogP contribution in [0.15, 0.2) is 6.20 Å². The zero-order chi connectivity index (χ0) is 12.2. The molecule has 1 aromatic heterocycles. The first kappa shape index (κ1) is 13.1. The summed E-state index contributed by atoms with van der Waals surface area (Å²) in [7, 11) is 0. The van der Waals surface area contributed by atoms with Crippen LogP contribution < -0.4 is 5.73 Å². The van der Waals surface area contributed by atoms with Crippen molar-refractivity contribution in [2.24, 2.45) is 5.73 Å². The summed E-state index contributed by atoms with van der Waals surface area (Å²) in [5.41, 5.74) is 6.82. The Bertz CT molecular complexity index is 316. The highest BCUT2D eigenvalue weighted by Crippen LogP contribution is 2.14. The van der Waals surface area contributed by atoms with Gasteiger partial charge in [-0.25, -0.2) is 4.68 Å². The molecular weight excluding hydrogens is 204 g/mol. The Morgan fingerprint density at radius 1 is 1.50 bits per heavy atom. The molecule has 1 atom stereocenters. The fraction of sp³-hybridized carbons (Fsp3) is 0.818. The van der Waals surface area contributed by atoms with Crippen LogP contribution in [0.25, 0.3) is 0 Å². The molecule has 5 nitrogen and oxygen atoms in total. The average molecular weight is 226 g/mol. The lowest BCUT2D eigenvalue weighted by atomic mass is 10.2. The van der Waals surface area contributed by atoms with E-state index in [2.05, 4.69) is 17.2 Å². The van der Waals surface area contributed by atoms with Crippen LogP contribution in [0.1, 0.15) is 45.9 Å². The Kier molecular flexibility index (Phi) is 4.44. The number of ether oxygens (including phenoxy) is 1. The third-order valence-corrected chi connectivity index (χ3v) is 2.16. The summed E-state index contributed by atoms with van der Waals surface area (Å²) in [6.45, 7) is 9.48. The molecule has 0 saturated heterocycles. The number of aryl methyl sites for hydroxylation is 1. The van der Waals surface area contributed by atoms with Gasteiger partial charge in [-0.1, -0.05) is 12.1 Å². The van der Waals surface area contributed by atoms with E-state index in [9.17, 15) is 0 Å². The first-order chi connectivity index (χ1) is 7.44. The molecule has 1 heterocycles. The third kappa shape index (κ3) is 3.90. The van der Waals surface area contributed by atoms with Crippen LogP contribution in [0.4, 0.5) is 0 Å². The maximum absolute atomic E-state index is 6.05. The number of aromatic nitrogens is 3. The molecule has 5 heteroatoms. The van der Waals surface area contributed by atoms with Crippen molar-refractivity contribution in [2.45, 2.75) is 52.3 Å². The Hall–Kier alpha value is -0.940. The molecule has 92 valence electrons. The summed E-state index contributed by atoms with van der Waals surface area (Å²) in [6.07, 6.45) is 2.73. The predicted molar refractivity (Wildman–Crippen MR) is 62.9 cm³/mol. The fourth-order valence-corrected chi connectivity index (χ4v) is 1.36. The molecule has 0 radical (unpaired) electrons. The quantitative estimate of drug-likeness (QED) is 0.826. The second-order valence-electron chi connectivity index (χ2n) is 4.91. The Labute approximate surface area is 97.0 Å². The lowest BCUT2D eigenvalue weighted by Crippen LogP contribution is -2.27. The molecule has 1 unspecified atom stereocenters. The highest BCUT2D eigenvalue weighted by atomic mass is 16.5. The van der Waals surface area contributed by atoms with Crippen LogP contribution in [-0.4, -0.2) is 27.2 Å². The highest BCUT2D eigenvalue weighted by Gasteiger charge is 2.17. The predicted octanol–water partition coefficient (Wildman–Crippen LogP) is 1.50. The maximum Gasteiger partial charge on any atom is 0.0777 e. The van der Waals surface area contributed by atoms with E-state index < -0.39 is 0 Å². The Morgan fingerprint density at radius 3 is 2.75 bits per heavy atom. The van der Waals surface area contributed by atoms with Crippen LogP contribution in [0.3, 0.4) is 0 Å². The SMILES string of the molecule is CCCn1nncc1C(N)COC(C)(C)C. The Morgan fingerprint density at radius 2 is 2.19 bits per heavy atom. The molecule has 1 rings (SSSR count). The monoisotopic (exact) mass is 226 g/mol. The maximum atomic E-state index is 6.05. The summed E-state index contributed by atoms with van der Waals surface area (Å²) in [4.78, 5) is 0. The van der Waals surface area contributed by atoms with E-state index in [-0.39, 0.29) is 11.6 Å². The van der Waals surface area contributed by atoms with Crippen molar-refractivity contribution >= 4 is 0 Å². The van der Waals surface area contributed by atoms with Crippen LogP contribution in [-0.2, 0) is 11.3 Å². The van der Waals surface area contributed by atoms with Gasteiger partial charge in [-0.05, 0) is 27.2 Å². The minimum atomic E-state index is -0.166. The van der Waals surface area contributed by atoms with Crippen LogP contribution >= 0.6 is 0 Å². The van der Waals surface area contributed by atoms with E-state index in [1.807, 2.05) is 25.5 Å². The molecule has 0 aliphatic carbocycles. The molecule has 0 saturated carbocycles. The van der Waals surface area contributed by atoms with Crippen LogP contribution in [0.5, 0.6) is 0 Å². The first-order valence-electron chi connectivity index (χ1n) is 5.72. The zero-order valence-corrected chi connectivity index (χ0v) is 10.6. The molecular formula is C11H22N4O. The van der Waals surface area contributed by atoms with Crippen molar-refractivity contribution in [3.8, 4) is 0 Å². The molecule has 0 aromatic carbocycles. The van der Waals surface area contributed by atoms with Gasteiger partial charge in [0.15, 0.2) is 0 Å². The molecule has 1 aromatic rings. The van der Waals surface area contributed by atoms with E-state index in [1.165, 1.54) is 0 Å². The number of nitrogens with zero attached hydrogens (tertiary/aromatic N) is 3. The van der Waals surface area contributed by atoms with Gasteiger partial charge < -0.3 is 10.5 Å². The number of hydrogen-bond donors (Lipinski definition) is 1. The van der Waals surface area contributed by atoms with Gasteiger partial charge in [0.1, 0.15) is 0 Å². The molecule has 2 N–H and O–H groups in total. The summed E-state index contributed by atoms with van der Waals surface area (Å²) in [5, 5.41) is 7.89. The summed E-state index contributed by atoms with van der Waals surface area (Å²) >= 11 is 0. The van der Waals surface area contributed by atoms with Crippen molar-refractivity contribution < 1.29 is 4.74 Å².